The Bertz CT molecular complexity index is 890. The van der Waals surface area contributed by atoms with Gasteiger partial charge in [-0.05, 0) is 37.3 Å². The normalized spacial score (nSPS) is 24.4. The van der Waals surface area contributed by atoms with Crippen molar-refractivity contribution in [3.05, 3.63) is 54.0 Å². The molecule has 1 aromatic heterocycles. The molecule has 2 aliphatic heterocycles. The maximum Gasteiger partial charge on any atom is 0.281 e. The molecular formula is C20H22F2N2O3. The number of fused-ring (bicyclic) bond motifs is 1. The summed E-state index contributed by atoms with van der Waals surface area (Å²) in [5, 5.41) is 3.72. The lowest BCUT2D eigenvalue weighted by molar-refractivity contribution is -0.0863. The number of halogens is 2. The van der Waals surface area contributed by atoms with Crippen LogP contribution < -0.4 is 10.1 Å². The molecule has 4 rings (SSSR count). The van der Waals surface area contributed by atoms with Gasteiger partial charge in [-0.1, -0.05) is 6.08 Å². The van der Waals surface area contributed by atoms with Crippen molar-refractivity contribution in [2.24, 2.45) is 0 Å². The van der Waals surface area contributed by atoms with Gasteiger partial charge in [-0.3, -0.25) is 0 Å². The minimum Gasteiger partial charge on any atom is -0.489 e. The molecule has 3 heterocycles. The number of nitrogens with one attached hydrogen (secondary N) is 1. The van der Waals surface area contributed by atoms with E-state index in [0.29, 0.717) is 5.75 Å². The Balaban J connectivity index is 1.48. The standard InChI is InChI=1S/C20H22F2N2O3/c1-13-8-15-9-16(5-6-17(15)27-13)26-11-14-4-3-7-24(19(14)25-2)18-10-23-12-20(18,21)22/h3-9,18-19,23H,10-12H2,1-2H3. The van der Waals surface area contributed by atoms with E-state index in [1.54, 1.807) is 17.2 Å². The van der Waals surface area contributed by atoms with Crippen molar-refractivity contribution in [1.82, 2.24) is 10.2 Å². The second kappa shape index (κ2) is 6.98. The van der Waals surface area contributed by atoms with E-state index in [1.807, 2.05) is 37.3 Å². The number of aryl methyl sites for hydroxylation is 1. The highest BCUT2D eigenvalue weighted by Crippen LogP contribution is 2.32. The summed E-state index contributed by atoms with van der Waals surface area (Å²) in [6.45, 7) is 2.03. The molecule has 2 atom stereocenters. The molecule has 0 spiro atoms. The zero-order chi connectivity index (χ0) is 19.0. The third-order valence-electron chi connectivity index (χ3n) is 4.94. The second-order valence-electron chi connectivity index (χ2n) is 6.87. The van der Waals surface area contributed by atoms with Crippen molar-refractivity contribution >= 4 is 11.0 Å². The lowest BCUT2D eigenvalue weighted by Gasteiger charge is -2.39. The van der Waals surface area contributed by atoms with Gasteiger partial charge >= 0.3 is 0 Å². The van der Waals surface area contributed by atoms with Crippen molar-refractivity contribution in [2.75, 3.05) is 26.8 Å². The Morgan fingerprint density at radius 3 is 2.93 bits per heavy atom. The van der Waals surface area contributed by atoms with Crippen molar-refractivity contribution < 1.29 is 22.7 Å². The number of allylic oxidation sites excluding steroid dienone is 2. The minimum atomic E-state index is -2.81. The second-order valence-corrected chi connectivity index (χ2v) is 6.87. The van der Waals surface area contributed by atoms with Crippen molar-refractivity contribution in [2.45, 2.75) is 25.1 Å². The number of benzene rings is 1. The molecule has 5 nitrogen and oxygen atoms in total. The predicted octanol–water partition coefficient (Wildman–Crippen LogP) is 3.46. The van der Waals surface area contributed by atoms with Crippen LogP contribution in [-0.4, -0.2) is 49.9 Å². The molecule has 0 radical (unpaired) electrons. The Hall–Kier alpha value is -2.38. The van der Waals surface area contributed by atoms with Crippen LogP contribution in [-0.2, 0) is 4.74 Å². The molecule has 0 amide bonds. The van der Waals surface area contributed by atoms with Crippen molar-refractivity contribution in [3.8, 4) is 5.75 Å². The maximum atomic E-state index is 14.2. The Morgan fingerprint density at radius 1 is 1.33 bits per heavy atom. The van der Waals surface area contributed by atoms with Crippen LogP contribution >= 0.6 is 0 Å². The van der Waals surface area contributed by atoms with Crippen molar-refractivity contribution in [3.63, 3.8) is 0 Å². The van der Waals surface area contributed by atoms with Crippen LogP contribution in [0.1, 0.15) is 5.76 Å². The van der Waals surface area contributed by atoms with Gasteiger partial charge < -0.3 is 24.1 Å². The number of ether oxygens (including phenoxy) is 2. The first-order valence-electron chi connectivity index (χ1n) is 8.87. The molecule has 1 aromatic carbocycles. The van der Waals surface area contributed by atoms with Crippen LogP contribution in [0.15, 0.2) is 52.6 Å². The summed E-state index contributed by atoms with van der Waals surface area (Å²) < 4.78 is 45.4. The van der Waals surface area contributed by atoms with E-state index in [4.69, 9.17) is 13.9 Å². The summed E-state index contributed by atoms with van der Waals surface area (Å²) in [6.07, 6.45) is 4.67. The number of hydrogen-bond acceptors (Lipinski definition) is 5. The molecule has 1 N–H and O–H groups in total. The fourth-order valence-electron chi connectivity index (χ4n) is 3.65. The van der Waals surface area contributed by atoms with E-state index in [1.165, 1.54) is 7.11 Å². The monoisotopic (exact) mass is 376 g/mol. The topological polar surface area (TPSA) is 46.9 Å². The molecule has 2 unspecified atom stereocenters. The first kappa shape index (κ1) is 18.0. The maximum absolute atomic E-state index is 14.2. The zero-order valence-corrected chi connectivity index (χ0v) is 15.2. The van der Waals surface area contributed by atoms with Crippen LogP contribution in [0.25, 0.3) is 11.0 Å². The highest BCUT2D eigenvalue weighted by molar-refractivity contribution is 5.79. The van der Waals surface area contributed by atoms with Crippen LogP contribution in [0, 0.1) is 6.92 Å². The summed E-state index contributed by atoms with van der Waals surface area (Å²) in [5.74, 6) is -1.29. The fourth-order valence-corrected chi connectivity index (χ4v) is 3.65. The zero-order valence-electron chi connectivity index (χ0n) is 15.2. The van der Waals surface area contributed by atoms with Gasteiger partial charge in [0.15, 0.2) is 6.23 Å². The van der Waals surface area contributed by atoms with Crippen LogP contribution in [0.3, 0.4) is 0 Å². The number of furan rings is 1. The number of rotatable bonds is 5. The third kappa shape index (κ3) is 3.44. The third-order valence-corrected chi connectivity index (χ3v) is 4.94. The Labute approximate surface area is 156 Å². The molecule has 2 aliphatic rings. The lowest BCUT2D eigenvalue weighted by Crippen LogP contribution is -2.51. The number of alkyl halides is 2. The largest absolute Gasteiger partial charge is 0.489 e. The lowest BCUT2D eigenvalue weighted by atomic mass is 10.1. The van der Waals surface area contributed by atoms with E-state index < -0.39 is 18.2 Å². The van der Waals surface area contributed by atoms with Crippen LogP contribution in [0.5, 0.6) is 5.75 Å². The van der Waals surface area contributed by atoms with E-state index in [9.17, 15) is 8.78 Å². The van der Waals surface area contributed by atoms with E-state index in [2.05, 4.69) is 5.32 Å². The van der Waals surface area contributed by atoms with Gasteiger partial charge in [-0.25, -0.2) is 8.78 Å². The Morgan fingerprint density at radius 2 is 2.19 bits per heavy atom. The number of hydrogen-bond donors (Lipinski definition) is 1. The predicted molar refractivity (Wildman–Crippen MR) is 97.9 cm³/mol. The first-order chi connectivity index (χ1) is 13.0. The summed E-state index contributed by atoms with van der Waals surface area (Å²) in [5.41, 5.74) is 1.59. The molecule has 1 saturated heterocycles. The van der Waals surface area contributed by atoms with Gasteiger partial charge in [-0.2, -0.15) is 0 Å². The van der Waals surface area contributed by atoms with Gasteiger partial charge in [0.05, 0.1) is 6.54 Å². The SMILES string of the molecule is COC1C(COc2ccc3oc(C)cc3c2)=CC=CN1C1CNCC1(F)F. The highest BCUT2D eigenvalue weighted by atomic mass is 19.3. The van der Waals surface area contributed by atoms with Crippen LogP contribution in [0.4, 0.5) is 8.78 Å². The van der Waals surface area contributed by atoms with Gasteiger partial charge in [0, 0.05) is 30.8 Å². The summed E-state index contributed by atoms with van der Waals surface area (Å²) in [4.78, 5) is 1.57. The molecule has 1 fully saturated rings. The first-order valence-corrected chi connectivity index (χ1v) is 8.87. The fraction of sp³-hybridized carbons (Fsp3) is 0.400. The van der Waals surface area contributed by atoms with Gasteiger partial charge in [0.1, 0.15) is 29.7 Å². The number of nitrogens with zero attached hydrogens (tertiary/aromatic N) is 1. The van der Waals surface area contributed by atoms with E-state index >= 15 is 0 Å². The summed E-state index contributed by atoms with van der Waals surface area (Å²) in [6, 6.07) is 6.59. The van der Waals surface area contributed by atoms with Crippen molar-refractivity contribution in [1.29, 1.82) is 0 Å². The smallest absolute Gasteiger partial charge is 0.281 e. The average molecular weight is 376 g/mol. The van der Waals surface area contributed by atoms with E-state index in [-0.39, 0.29) is 19.7 Å². The average Bonchev–Trinajstić information content (AvgIpc) is 3.19. The summed E-state index contributed by atoms with van der Waals surface area (Å²) in [7, 11) is 1.52. The molecule has 144 valence electrons. The molecule has 0 saturated carbocycles. The molecule has 0 bridgehead atoms. The summed E-state index contributed by atoms with van der Waals surface area (Å²) >= 11 is 0. The van der Waals surface area contributed by atoms with Gasteiger partial charge in [0.2, 0.25) is 0 Å². The molecule has 27 heavy (non-hydrogen) atoms. The quantitative estimate of drug-likeness (QED) is 0.866. The number of methoxy groups -OCH3 is 1. The van der Waals surface area contributed by atoms with Gasteiger partial charge in [-0.15, -0.1) is 0 Å². The molecule has 7 heteroatoms. The van der Waals surface area contributed by atoms with Gasteiger partial charge in [0.25, 0.3) is 5.92 Å². The van der Waals surface area contributed by atoms with E-state index in [0.717, 1.165) is 22.3 Å². The minimum absolute atomic E-state index is 0.210. The molecule has 0 aliphatic carbocycles. The molecule has 2 aromatic rings. The molecular weight excluding hydrogens is 354 g/mol. The highest BCUT2D eigenvalue weighted by Gasteiger charge is 2.49. The Kier molecular flexibility index (Phi) is 4.65. The van der Waals surface area contributed by atoms with Crippen LogP contribution in [0.2, 0.25) is 0 Å².